The van der Waals surface area contributed by atoms with Crippen LogP contribution in [0.1, 0.15) is 37.4 Å². The van der Waals surface area contributed by atoms with Crippen LogP contribution < -0.4 is 10.6 Å². The lowest BCUT2D eigenvalue weighted by Gasteiger charge is -2.13. The summed E-state index contributed by atoms with van der Waals surface area (Å²) in [6.07, 6.45) is 0. The van der Waals surface area contributed by atoms with Gasteiger partial charge < -0.3 is 15.4 Å². The van der Waals surface area contributed by atoms with Gasteiger partial charge in [0.25, 0.3) is 5.91 Å². The summed E-state index contributed by atoms with van der Waals surface area (Å²) in [7, 11) is 1.56. The topological polar surface area (TPSA) is 67.4 Å². The van der Waals surface area contributed by atoms with Crippen LogP contribution in [0.25, 0.3) is 0 Å². The molecule has 0 saturated heterocycles. The molecule has 0 heterocycles. The first-order valence-corrected chi connectivity index (χ1v) is 10.4. The molecule has 166 valence electrons. The van der Waals surface area contributed by atoms with E-state index in [1.165, 1.54) is 12.1 Å². The van der Waals surface area contributed by atoms with Crippen molar-refractivity contribution in [3.63, 3.8) is 0 Å². The fraction of sp³-hybridized carbons (Fsp3) is 0.200. The highest BCUT2D eigenvalue weighted by Crippen LogP contribution is 2.28. The van der Waals surface area contributed by atoms with Gasteiger partial charge in [0.15, 0.2) is 5.78 Å². The first-order chi connectivity index (χ1) is 15.3. The number of ether oxygens (including phenoxy) is 1. The van der Waals surface area contributed by atoms with Gasteiger partial charge in [-0.05, 0) is 73.5 Å². The average molecular weight is 455 g/mol. The summed E-state index contributed by atoms with van der Waals surface area (Å²) in [5, 5.41) is 6.19. The van der Waals surface area contributed by atoms with Gasteiger partial charge in [-0.1, -0.05) is 17.7 Å². The van der Waals surface area contributed by atoms with Crippen molar-refractivity contribution in [2.45, 2.75) is 13.8 Å². The number of hydrogen-bond acceptors (Lipinski definition) is 4. The lowest BCUT2D eigenvalue weighted by atomic mass is 9.96. The molecule has 0 saturated carbocycles. The minimum absolute atomic E-state index is 0.272. The smallest absolute Gasteiger partial charge is 0.251 e. The highest BCUT2D eigenvalue weighted by Gasteiger charge is 2.18. The Kier molecular flexibility index (Phi) is 7.62. The Balaban J connectivity index is 1.83. The van der Waals surface area contributed by atoms with Crippen molar-refractivity contribution in [1.29, 1.82) is 0 Å². The molecule has 0 bridgehead atoms. The Morgan fingerprint density at radius 1 is 0.969 bits per heavy atom. The molecule has 0 radical (unpaired) electrons. The molecular formula is C25H24ClFN2O3. The molecule has 0 aromatic heterocycles. The second-order valence-electron chi connectivity index (χ2n) is 7.39. The maximum absolute atomic E-state index is 13.3. The number of rotatable bonds is 8. The van der Waals surface area contributed by atoms with Gasteiger partial charge in [0.1, 0.15) is 5.82 Å². The Hall–Kier alpha value is -3.22. The zero-order chi connectivity index (χ0) is 23.3. The van der Waals surface area contributed by atoms with Crippen molar-refractivity contribution in [2.75, 3.05) is 25.6 Å². The maximum Gasteiger partial charge on any atom is 0.251 e. The van der Waals surface area contributed by atoms with E-state index < -0.39 is 0 Å². The fourth-order valence-electron chi connectivity index (χ4n) is 3.22. The number of anilines is 2. The normalized spacial score (nSPS) is 10.7. The number of hydrogen-bond donors (Lipinski definition) is 2. The number of carbonyl (C=O) groups is 2. The molecular weight excluding hydrogens is 431 g/mol. The predicted octanol–water partition coefficient (Wildman–Crippen LogP) is 5.45. The molecule has 0 atom stereocenters. The molecule has 0 unspecified atom stereocenters. The second kappa shape index (κ2) is 10.4. The first kappa shape index (κ1) is 23.4. The van der Waals surface area contributed by atoms with Crippen molar-refractivity contribution in [2.24, 2.45) is 0 Å². The summed E-state index contributed by atoms with van der Waals surface area (Å²) in [6, 6.07) is 14.4. The molecule has 3 aromatic rings. The van der Waals surface area contributed by atoms with Gasteiger partial charge in [-0.25, -0.2) is 4.39 Å². The molecule has 32 heavy (non-hydrogen) atoms. The van der Waals surface area contributed by atoms with Gasteiger partial charge in [0.05, 0.1) is 11.6 Å². The summed E-state index contributed by atoms with van der Waals surface area (Å²) in [5.74, 6) is -0.864. The maximum atomic E-state index is 13.3. The van der Waals surface area contributed by atoms with Gasteiger partial charge >= 0.3 is 0 Å². The van der Waals surface area contributed by atoms with Crippen molar-refractivity contribution < 1.29 is 18.7 Å². The minimum Gasteiger partial charge on any atom is -0.383 e. The van der Waals surface area contributed by atoms with Crippen LogP contribution in [-0.2, 0) is 4.74 Å². The number of benzene rings is 3. The Labute approximate surface area is 191 Å². The van der Waals surface area contributed by atoms with Gasteiger partial charge in [-0.15, -0.1) is 0 Å². The van der Waals surface area contributed by atoms with E-state index in [1.807, 2.05) is 0 Å². The number of nitrogens with one attached hydrogen (secondary N) is 2. The minimum atomic E-state index is -0.308. The predicted molar refractivity (Wildman–Crippen MR) is 125 cm³/mol. The van der Waals surface area contributed by atoms with E-state index in [4.69, 9.17) is 16.3 Å². The summed E-state index contributed by atoms with van der Waals surface area (Å²) in [5.41, 5.74) is 4.01. The monoisotopic (exact) mass is 454 g/mol. The average Bonchev–Trinajstić information content (AvgIpc) is 2.76. The number of methoxy groups -OCH3 is 1. The SMILES string of the molecule is COCCNC(=O)c1ccc(C)c(C(=O)c2ccc(Nc3ccc(F)cc3C)cc2Cl)c1. The van der Waals surface area contributed by atoms with Crippen molar-refractivity contribution in [3.8, 4) is 0 Å². The standard InChI is InChI=1S/C25H24ClFN2O3/c1-15-4-5-17(25(31)28-10-11-32-3)13-21(15)24(30)20-8-7-19(14-22(20)26)29-23-9-6-18(27)12-16(23)2/h4-9,12-14,29H,10-11H2,1-3H3,(H,28,31). The molecule has 0 fully saturated rings. The van der Waals surface area contributed by atoms with Crippen LogP contribution in [0, 0.1) is 19.7 Å². The Morgan fingerprint density at radius 2 is 1.75 bits per heavy atom. The van der Waals surface area contributed by atoms with Crippen LogP contribution in [0.5, 0.6) is 0 Å². The van der Waals surface area contributed by atoms with Crippen LogP contribution in [0.15, 0.2) is 54.6 Å². The Morgan fingerprint density at radius 3 is 2.44 bits per heavy atom. The van der Waals surface area contributed by atoms with Crippen LogP contribution >= 0.6 is 11.6 Å². The summed E-state index contributed by atoms with van der Waals surface area (Å²) < 4.78 is 18.3. The van der Waals surface area contributed by atoms with E-state index in [-0.39, 0.29) is 22.5 Å². The summed E-state index contributed by atoms with van der Waals surface area (Å²) >= 11 is 6.43. The quantitative estimate of drug-likeness (QED) is 0.351. The van der Waals surface area contributed by atoms with Crippen LogP contribution in [-0.4, -0.2) is 32.0 Å². The highest BCUT2D eigenvalue weighted by atomic mass is 35.5. The van der Waals surface area contributed by atoms with Crippen LogP contribution in [0.3, 0.4) is 0 Å². The van der Waals surface area contributed by atoms with Gasteiger partial charge in [-0.3, -0.25) is 9.59 Å². The van der Waals surface area contributed by atoms with Crippen molar-refractivity contribution >= 4 is 34.7 Å². The number of ketones is 1. The molecule has 5 nitrogen and oxygen atoms in total. The molecule has 3 aromatic carbocycles. The van der Waals surface area contributed by atoms with E-state index in [2.05, 4.69) is 10.6 Å². The van der Waals surface area contributed by atoms with E-state index >= 15 is 0 Å². The van der Waals surface area contributed by atoms with E-state index in [1.54, 1.807) is 63.4 Å². The van der Waals surface area contributed by atoms with Gasteiger partial charge in [0, 0.05) is 41.7 Å². The highest BCUT2D eigenvalue weighted by molar-refractivity contribution is 6.35. The lowest BCUT2D eigenvalue weighted by Crippen LogP contribution is -2.27. The first-order valence-electron chi connectivity index (χ1n) is 10.1. The van der Waals surface area contributed by atoms with E-state index in [9.17, 15) is 14.0 Å². The Bertz CT molecular complexity index is 1160. The second-order valence-corrected chi connectivity index (χ2v) is 7.79. The van der Waals surface area contributed by atoms with Crippen molar-refractivity contribution in [1.82, 2.24) is 5.32 Å². The lowest BCUT2D eigenvalue weighted by molar-refractivity contribution is 0.0937. The molecule has 0 spiro atoms. The zero-order valence-corrected chi connectivity index (χ0v) is 18.8. The molecule has 2 N–H and O–H groups in total. The third kappa shape index (κ3) is 5.52. The largest absolute Gasteiger partial charge is 0.383 e. The zero-order valence-electron chi connectivity index (χ0n) is 18.1. The molecule has 0 aliphatic carbocycles. The van der Waals surface area contributed by atoms with Crippen molar-refractivity contribution in [3.05, 3.63) is 93.3 Å². The number of halogens is 2. The molecule has 1 amide bonds. The summed E-state index contributed by atoms with van der Waals surface area (Å²) in [4.78, 5) is 25.5. The summed E-state index contributed by atoms with van der Waals surface area (Å²) in [6.45, 7) is 4.38. The third-order valence-electron chi connectivity index (χ3n) is 5.02. The molecule has 0 aliphatic rings. The van der Waals surface area contributed by atoms with Crippen LogP contribution in [0.2, 0.25) is 5.02 Å². The molecule has 7 heteroatoms. The van der Waals surface area contributed by atoms with Gasteiger partial charge in [0.2, 0.25) is 0 Å². The number of carbonyl (C=O) groups excluding carboxylic acids is 2. The van der Waals surface area contributed by atoms with E-state index in [0.29, 0.717) is 35.5 Å². The van der Waals surface area contributed by atoms with E-state index in [0.717, 1.165) is 16.8 Å². The van der Waals surface area contributed by atoms with Gasteiger partial charge in [-0.2, -0.15) is 0 Å². The molecule has 3 rings (SSSR count). The number of amides is 1. The molecule has 0 aliphatic heterocycles. The van der Waals surface area contributed by atoms with Crippen LogP contribution in [0.4, 0.5) is 15.8 Å². The number of aryl methyl sites for hydroxylation is 2. The fourth-order valence-corrected chi connectivity index (χ4v) is 3.49. The third-order valence-corrected chi connectivity index (χ3v) is 5.33.